The summed E-state index contributed by atoms with van der Waals surface area (Å²) in [6.07, 6.45) is 0. The van der Waals surface area contributed by atoms with Crippen LogP contribution < -0.4 is 5.43 Å². The van der Waals surface area contributed by atoms with Gasteiger partial charge in [-0.3, -0.25) is 5.43 Å². The van der Waals surface area contributed by atoms with E-state index >= 15 is 0 Å². The Morgan fingerprint density at radius 1 is 1.29 bits per heavy atom. The van der Waals surface area contributed by atoms with E-state index in [9.17, 15) is 0 Å². The average molecular weight is 217 g/mol. The maximum Gasteiger partial charge on any atom is 0.192 e. The topological polar surface area (TPSA) is 46.0 Å². The Morgan fingerprint density at radius 2 is 1.86 bits per heavy atom. The molecule has 0 rings (SSSR count). The molecule has 0 aromatic rings. The van der Waals surface area contributed by atoms with Crippen molar-refractivity contribution in [2.75, 3.05) is 20.2 Å². The van der Waals surface area contributed by atoms with Crippen molar-refractivity contribution in [3.05, 3.63) is 0 Å². The molecule has 0 aliphatic carbocycles. The van der Waals surface area contributed by atoms with Gasteiger partial charge in [0, 0.05) is 7.05 Å². The highest BCUT2D eigenvalue weighted by Crippen LogP contribution is 2.36. The standard InChI is InChI=1S/C9H23N3OSi/c1-9(2,3)14(5,6)13-8-7-11-12-10-4/h7-8H2,1-6H3,(H,10,11). The van der Waals surface area contributed by atoms with E-state index in [1.165, 1.54) is 0 Å². The van der Waals surface area contributed by atoms with E-state index in [0.29, 0.717) is 13.2 Å². The first-order chi connectivity index (χ1) is 6.31. The molecule has 0 aromatic carbocycles. The van der Waals surface area contributed by atoms with Crippen molar-refractivity contribution in [3.8, 4) is 0 Å². The number of nitrogens with zero attached hydrogens (tertiary/aromatic N) is 2. The summed E-state index contributed by atoms with van der Waals surface area (Å²) in [5, 5.41) is 7.82. The zero-order chi connectivity index (χ0) is 11.2. The molecule has 84 valence electrons. The van der Waals surface area contributed by atoms with Gasteiger partial charge in [-0.05, 0) is 18.1 Å². The Kier molecular flexibility index (Phi) is 5.29. The first-order valence-corrected chi connectivity index (χ1v) is 7.89. The van der Waals surface area contributed by atoms with Crippen molar-refractivity contribution in [1.29, 1.82) is 0 Å². The maximum atomic E-state index is 5.90. The van der Waals surface area contributed by atoms with Crippen LogP contribution in [0.2, 0.25) is 18.1 Å². The largest absolute Gasteiger partial charge is 0.415 e. The molecule has 0 fully saturated rings. The second-order valence-corrected chi connectivity index (χ2v) is 9.61. The molecule has 5 heteroatoms. The Bertz CT molecular complexity index is 187. The molecule has 1 N–H and O–H groups in total. The van der Waals surface area contributed by atoms with Gasteiger partial charge in [0.25, 0.3) is 0 Å². The minimum Gasteiger partial charge on any atom is -0.415 e. The fraction of sp³-hybridized carbons (Fsp3) is 1.00. The molecule has 0 spiro atoms. The summed E-state index contributed by atoms with van der Waals surface area (Å²) in [4.78, 5) is 0. The lowest BCUT2D eigenvalue weighted by atomic mass is 10.2. The summed E-state index contributed by atoms with van der Waals surface area (Å²) in [6.45, 7) is 12.5. The van der Waals surface area contributed by atoms with Gasteiger partial charge in [0.15, 0.2) is 8.32 Å². The molecule has 14 heavy (non-hydrogen) atoms. The Balaban J connectivity index is 3.83. The van der Waals surface area contributed by atoms with E-state index in [1.807, 2.05) is 0 Å². The van der Waals surface area contributed by atoms with Crippen molar-refractivity contribution in [2.45, 2.75) is 38.9 Å². The molecular weight excluding hydrogens is 194 g/mol. The molecule has 0 radical (unpaired) electrons. The summed E-state index contributed by atoms with van der Waals surface area (Å²) in [5.41, 5.74) is 2.61. The summed E-state index contributed by atoms with van der Waals surface area (Å²) in [6, 6.07) is 0. The zero-order valence-electron chi connectivity index (χ0n) is 10.2. The molecule has 0 bridgehead atoms. The van der Waals surface area contributed by atoms with Gasteiger partial charge < -0.3 is 4.43 Å². The Morgan fingerprint density at radius 3 is 2.29 bits per heavy atom. The molecule has 0 aliphatic rings. The van der Waals surface area contributed by atoms with Crippen molar-refractivity contribution in [1.82, 2.24) is 5.43 Å². The minimum absolute atomic E-state index is 0.271. The molecule has 0 amide bonds. The molecule has 0 heterocycles. The van der Waals surface area contributed by atoms with Crippen molar-refractivity contribution in [2.24, 2.45) is 10.3 Å². The third-order valence-corrected chi connectivity index (χ3v) is 7.17. The van der Waals surface area contributed by atoms with Gasteiger partial charge in [-0.25, -0.2) is 0 Å². The highest BCUT2D eigenvalue weighted by molar-refractivity contribution is 6.74. The van der Waals surface area contributed by atoms with Crippen molar-refractivity contribution in [3.63, 3.8) is 0 Å². The summed E-state index contributed by atoms with van der Waals surface area (Å²) in [5.74, 6) is 0. The normalized spacial score (nSPS) is 13.6. The summed E-state index contributed by atoms with van der Waals surface area (Å²) in [7, 11) is 0.147. The zero-order valence-corrected chi connectivity index (χ0v) is 11.2. The SMILES string of the molecule is CN/N=N\CCO[Si](C)(C)C(C)(C)C. The van der Waals surface area contributed by atoms with Crippen LogP contribution in [0.4, 0.5) is 0 Å². The fourth-order valence-electron chi connectivity index (χ4n) is 0.679. The van der Waals surface area contributed by atoms with Gasteiger partial charge in [0.2, 0.25) is 0 Å². The fourth-order valence-corrected chi connectivity index (χ4v) is 1.71. The van der Waals surface area contributed by atoms with E-state index in [-0.39, 0.29) is 5.04 Å². The second-order valence-electron chi connectivity index (χ2n) is 4.80. The molecule has 0 aliphatic heterocycles. The van der Waals surface area contributed by atoms with Gasteiger partial charge in [-0.1, -0.05) is 26.0 Å². The second kappa shape index (κ2) is 5.46. The molecule has 0 unspecified atom stereocenters. The first-order valence-electron chi connectivity index (χ1n) is 4.98. The van der Waals surface area contributed by atoms with E-state index in [1.54, 1.807) is 7.05 Å². The van der Waals surface area contributed by atoms with Crippen LogP contribution in [0, 0.1) is 0 Å². The summed E-state index contributed by atoms with van der Waals surface area (Å²) >= 11 is 0. The first kappa shape index (κ1) is 13.6. The lowest BCUT2D eigenvalue weighted by Gasteiger charge is -2.35. The minimum atomic E-state index is -1.59. The van der Waals surface area contributed by atoms with Gasteiger partial charge in [0.05, 0.1) is 13.2 Å². The maximum absolute atomic E-state index is 5.90. The van der Waals surface area contributed by atoms with Crippen LogP contribution in [-0.4, -0.2) is 28.5 Å². The van der Waals surface area contributed by atoms with Gasteiger partial charge in [0.1, 0.15) is 0 Å². The van der Waals surface area contributed by atoms with Crippen molar-refractivity contribution < 1.29 is 4.43 Å². The van der Waals surface area contributed by atoms with Gasteiger partial charge >= 0.3 is 0 Å². The van der Waals surface area contributed by atoms with E-state index < -0.39 is 8.32 Å². The lowest BCUT2D eigenvalue weighted by molar-refractivity contribution is 0.295. The number of rotatable bonds is 5. The molecule has 0 atom stereocenters. The van der Waals surface area contributed by atoms with Crippen LogP contribution in [-0.2, 0) is 4.43 Å². The predicted molar refractivity (Wildman–Crippen MR) is 61.9 cm³/mol. The highest BCUT2D eigenvalue weighted by atomic mass is 28.4. The van der Waals surface area contributed by atoms with E-state index in [0.717, 1.165) is 0 Å². The monoisotopic (exact) mass is 217 g/mol. The average Bonchev–Trinajstić information content (AvgIpc) is 2.02. The third-order valence-electron chi connectivity index (χ3n) is 2.63. The molecule has 0 saturated heterocycles. The quantitative estimate of drug-likeness (QED) is 0.333. The lowest BCUT2D eigenvalue weighted by Crippen LogP contribution is -2.41. The van der Waals surface area contributed by atoms with Crippen LogP contribution in [0.1, 0.15) is 20.8 Å². The van der Waals surface area contributed by atoms with Crippen LogP contribution >= 0.6 is 0 Å². The van der Waals surface area contributed by atoms with E-state index in [4.69, 9.17) is 4.43 Å². The van der Waals surface area contributed by atoms with Crippen LogP contribution in [0.15, 0.2) is 10.3 Å². The molecule has 0 saturated carbocycles. The number of nitrogens with one attached hydrogen (secondary N) is 1. The number of hydrogen-bond acceptors (Lipinski definition) is 3. The van der Waals surface area contributed by atoms with Gasteiger partial charge in [-0.2, -0.15) is 5.11 Å². The van der Waals surface area contributed by atoms with Crippen LogP contribution in [0.25, 0.3) is 0 Å². The van der Waals surface area contributed by atoms with Crippen molar-refractivity contribution >= 4 is 8.32 Å². The third kappa shape index (κ3) is 4.71. The summed E-state index contributed by atoms with van der Waals surface area (Å²) < 4.78 is 5.90. The highest BCUT2D eigenvalue weighted by Gasteiger charge is 2.36. The smallest absolute Gasteiger partial charge is 0.192 e. The predicted octanol–water partition coefficient (Wildman–Crippen LogP) is 2.59. The van der Waals surface area contributed by atoms with Crippen LogP contribution in [0.3, 0.4) is 0 Å². The van der Waals surface area contributed by atoms with E-state index in [2.05, 4.69) is 49.6 Å². The van der Waals surface area contributed by atoms with Crippen LogP contribution in [0.5, 0.6) is 0 Å². The Hall–Kier alpha value is -0.423. The molecule has 0 aromatic heterocycles. The Labute approximate surface area is 88.2 Å². The molecular formula is C9H23N3OSi. The number of hydrogen-bond donors (Lipinski definition) is 1. The molecule has 4 nitrogen and oxygen atoms in total. The van der Waals surface area contributed by atoms with Gasteiger partial charge in [-0.15, -0.1) is 0 Å².